The van der Waals surface area contributed by atoms with E-state index in [0.29, 0.717) is 12.8 Å². The van der Waals surface area contributed by atoms with Crippen LogP contribution in [0.15, 0.2) is 53.4 Å². The SMILES string of the molecule is Cc1ccc(C(C)(C)O[C@H]2CC(S(=O)(=O)c3ccccc3Cl)CC2C(=O)NC2(C#N)CC2)cc1. The van der Waals surface area contributed by atoms with Gasteiger partial charge in [0.2, 0.25) is 5.91 Å². The van der Waals surface area contributed by atoms with Gasteiger partial charge in [-0.2, -0.15) is 5.26 Å². The predicted octanol–water partition coefficient (Wildman–Crippen LogP) is 4.69. The first kappa shape index (κ1) is 24.7. The predicted molar refractivity (Wildman–Crippen MR) is 130 cm³/mol. The molecule has 0 spiro atoms. The lowest BCUT2D eigenvalue weighted by atomic mass is 9.95. The summed E-state index contributed by atoms with van der Waals surface area (Å²) in [5.41, 5.74) is 0.473. The Balaban J connectivity index is 1.63. The van der Waals surface area contributed by atoms with Crippen LogP contribution in [-0.4, -0.2) is 31.2 Å². The Morgan fingerprint density at radius 1 is 1.15 bits per heavy atom. The number of ether oxygens (including phenoxy) is 1. The van der Waals surface area contributed by atoms with Crippen LogP contribution in [0.1, 0.15) is 50.7 Å². The Bertz CT molecular complexity index is 1230. The van der Waals surface area contributed by atoms with Crippen molar-refractivity contribution in [3.63, 3.8) is 0 Å². The molecule has 0 aromatic heterocycles. The number of hydrogen-bond acceptors (Lipinski definition) is 5. The second kappa shape index (κ2) is 8.99. The lowest BCUT2D eigenvalue weighted by Crippen LogP contribution is -2.44. The minimum Gasteiger partial charge on any atom is -0.367 e. The van der Waals surface area contributed by atoms with Gasteiger partial charge in [0.15, 0.2) is 9.84 Å². The van der Waals surface area contributed by atoms with Crippen molar-refractivity contribution in [3.8, 4) is 6.07 Å². The van der Waals surface area contributed by atoms with Crippen molar-refractivity contribution in [2.75, 3.05) is 0 Å². The molecular formula is C26H29ClN2O4S. The van der Waals surface area contributed by atoms with Gasteiger partial charge in [-0.1, -0.05) is 53.6 Å². The lowest BCUT2D eigenvalue weighted by molar-refractivity contribution is -0.137. The normalized spacial score (nSPS) is 23.8. The molecule has 2 saturated carbocycles. The molecule has 0 saturated heterocycles. The number of nitriles is 1. The molecule has 0 radical (unpaired) electrons. The van der Waals surface area contributed by atoms with E-state index in [1.54, 1.807) is 18.2 Å². The van der Waals surface area contributed by atoms with Gasteiger partial charge in [0.05, 0.1) is 38.9 Å². The number of amides is 1. The van der Waals surface area contributed by atoms with Crippen molar-refractivity contribution >= 4 is 27.3 Å². The summed E-state index contributed by atoms with van der Waals surface area (Å²) in [5.74, 6) is -1.03. The molecule has 2 fully saturated rings. The maximum Gasteiger partial charge on any atom is 0.227 e. The first-order valence-corrected chi connectivity index (χ1v) is 13.4. The van der Waals surface area contributed by atoms with Crippen LogP contribution in [0.25, 0.3) is 0 Å². The highest BCUT2D eigenvalue weighted by Crippen LogP contribution is 2.42. The van der Waals surface area contributed by atoms with Crippen LogP contribution >= 0.6 is 11.6 Å². The summed E-state index contributed by atoms with van der Waals surface area (Å²) >= 11 is 6.21. The molecule has 3 atom stereocenters. The number of carbonyl (C=O) groups excluding carboxylic acids is 1. The summed E-state index contributed by atoms with van der Waals surface area (Å²) in [5, 5.41) is 11.6. The summed E-state index contributed by atoms with van der Waals surface area (Å²) in [6.07, 6.45) is 0.844. The van der Waals surface area contributed by atoms with Crippen LogP contribution in [0.2, 0.25) is 5.02 Å². The minimum absolute atomic E-state index is 0.0648. The van der Waals surface area contributed by atoms with Crippen molar-refractivity contribution in [3.05, 3.63) is 64.7 Å². The summed E-state index contributed by atoms with van der Waals surface area (Å²) in [7, 11) is -3.79. The molecule has 6 nitrogen and oxygen atoms in total. The number of nitrogens with one attached hydrogen (secondary N) is 1. The maximum absolute atomic E-state index is 13.5. The Morgan fingerprint density at radius 3 is 2.38 bits per heavy atom. The van der Waals surface area contributed by atoms with Gasteiger partial charge in [0.1, 0.15) is 5.54 Å². The van der Waals surface area contributed by atoms with Crippen LogP contribution in [0.5, 0.6) is 0 Å². The van der Waals surface area contributed by atoms with E-state index in [2.05, 4.69) is 11.4 Å². The average Bonchev–Trinajstić information content (AvgIpc) is 3.43. The van der Waals surface area contributed by atoms with Crippen LogP contribution in [0.4, 0.5) is 0 Å². The van der Waals surface area contributed by atoms with Crippen LogP contribution in [-0.2, 0) is 25.0 Å². The third-order valence-electron chi connectivity index (χ3n) is 6.90. The van der Waals surface area contributed by atoms with Crippen molar-refractivity contribution in [1.82, 2.24) is 5.32 Å². The number of halogens is 1. The number of benzene rings is 2. The number of hydrogen-bond donors (Lipinski definition) is 1. The molecule has 8 heteroatoms. The standard InChI is InChI=1S/C26H29ClN2O4S/c1-17-8-10-18(11-9-17)25(2,3)33-22-15-19(34(31,32)23-7-5-4-6-21(23)27)14-20(22)24(30)29-26(16-28)12-13-26/h4-11,19-20,22H,12-15H2,1-3H3,(H,29,30)/t19?,20?,22-/m0/s1. The summed E-state index contributed by atoms with van der Waals surface area (Å²) < 4.78 is 33.4. The number of nitrogens with zero attached hydrogens (tertiary/aromatic N) is 1. The zero-order valence-corrected chi connectivity index (χ0v) is 21.1. The zero-order valence-electron chi connectivity index (χ0n) is 19.5. The molecule has 2 aromatic rings. The van der Waals surface area contributed by atoms with Crippen molar-refractivity contribution < 1.29 is 17.9 Å². The largest absolute Gasteiger partial charge is 0.367 e. The Kier molecular flexibility index (Phi) is 6.54. The second-order valence-electron chi connectivity index (χ2n) is 9.89. The van der Waals surface area contributed by atoms with Crippen LogP contribution in [0, 0.1) is 24.2 Å². The van der Waals surface area contributed by atoms with Gasteiger partial charge >= 0.3 is 0 Å². The van der Waals surface area contributed by atoms with Gasteiger partial charge in [-0.3, -0.25) is 4.79 Å². The average molecular weight is 501 g/mol. The summed E-state index contributed by atoms with van der Waals surface area (Å²) in [4.78, 5) is 13.3. The monoisotopic (exact) mass is 500 g/mol. The Labute approximate surface area is 206 Å². The van der Waals surface area contributed by atoms with E-state index in [9.17, 15) is 18.5 Å². The summed E-state index contributed by atoms with van der Waals surface area (Å²) in [6.45, 7) is 5.84. The molecule has 34 heavy (non-hydrogen) atoms. The van der Waals surface area contributed by atoms with Crippen LogP contribution < -0.4 is 5.32 Å². The maximum atomic E-state index is 13.5. The van der Waals surface area contributed by atoms with Gasteiger partial charge in [0.25, 0.3) is 0 Å². The molecule has 2 aliphatic rings. The van der Waals surface area contributed by atoms with E-state index in [1.807, 2.05) is 45.0 Å². The van der Waals surface area contributed by atoms with E-state index in [0.717, 1.165) is 11.1 Å². The van der Waals surface area contributed by atoms with E-state index in [1.165, 1.54) is 6.07 Å². The topological polar surface area (TPSA) is 96.3 Å². The zero-order chi connectivity index (χ0) is 24.7. The Hall–Kier alpha value is -2.40. The number of rotatable bonds is 7. The fourth-order valence-electron chi connectivity index (χ4n) is 4.59. The molecule has 0 aliphatic heterocycles. The highest BCUT2D eigenvalue weighted by Gasteiger charge is 2.51. The fraction of sp³-hybridized carbons (Fsp3) is 0.462. The van der Waals surface area contributed by atoms with Crippen molar-refractivity contribution in [2.24, 2.45) is 5.92 Å². The minimum atomic E-state index is -3.79. The van der Waals surface area contributed by atoms with E-state index in [-0.39, 0.29) is 28.7 Å². The first-order chi connectivity index (χ1) is 16.0. The number of sulfone groups is 1. The van der Waals surface area contributed by atoms with Gasteiger partial charge < -0.3 is 10.1 Å². The Morgan fingerprint density at radius 2 is 1.79 bits per heavy atom. The molecule has 0 bridgehead atoms. The smallest absolute Gasteiger partial charge is 0.227 e. The van der Waals surface area contributed by atoms with E-state index >= 15 is 0 Å². The third-order valence-corrected chi connectivity index (χ3v) is 9.57. The summed E-state index contributed by atoms with van der Waals surface area (Å²) in [6, 6.07) is 16.5. The van der Waals surface area contributed by atoms with Gasteiger partial charge in [-0.05, 0) is 64.2 Å². The molecule has 2 aliphatic carbocycles. The second-order valence-corrected chi connectivity index (χ2v) is 12.5. The molecule has 2 unspecified atom stereocenters. The van der Waals surface area contributed by atoms with Gasteiger partial charge in [-0.15, -0.1) is 0 Å². The molecule has 2 aromatic carbocycles. The fourth-order valence-corrected chi connectivity index (χ4v) is 6.92. The molecule has 0 heterocycles. The molecular weight excluding hydrogens is 472 g/mol. The first-order valence-electron chi connectivity index (χ1n) is 11.4. The van der Waals surface area contributed by atoms with E-state index < -0.39 is 38.2 Å². The van der Waals surface area contributed by atoms with Crippen molar-refractivity contribution in [1.29, 1.82) is 5.26 Å². The highest BCUT2D eigenvalue weighted by molar-refractivity contribution is 7.92. The lowest BCUT2D eigenvalue weighted by Gasteiger charge is -2.32. The number of carbonyl (C=O) groups is 1. The molecule has 1 N–H and O–H groups in total. The highest BCUT2D eigenvalue weighted by atomic mass is 35.5. The van der Waals surface area contributed by atoms with Gasteiger partial charge in [0, 0.05) is 0 Å². The van der Waals surface area contributed by atoms with Crippen LogP contribution in [0.3, 0.4) is 0 Å². The number of aryl methyl sites for hydroxylation is 1. The third kappa shape index (κ3) is 4.86. The molecule has 1 amide bonds. The molecule has 4 rings (SSSR count). The van der Waals surface area contributed by atoms with Gasteiger partial charge in [-0.25, -0.2) is 8.42 Å². The van der Waals surface area contributed by atoms with E-state index in [4.69, 9.17) is 16.3 Å². The van der Waals surface area contributed by atoms with Crippen molar-refractivity contribution in [2.45, 2.75) is 73.8 Å². The molecule has 180 valence electrons. The quantitative estimate of drug-likeness (QED) is 0.594.